The highest BCUT2D eigenvalue weighted by atomic mass is 16.6. The normalized spacial score (nSPS) is 11.1. The minimum absolute atomic E-state index is 0.00367. The quantitative estimate of drug-likeness (QED) is 0.363. The molecule has 0 aliphatic rings. The molecule has 0 aliphatic heterocycles. The zero-order valence-electron chi connectivity index (χ0n) is 9.83. The number of aliphatic carboxylic acids is 1. The molecular formula is C12H13NO5. The van der Waals surface area contributed by atoms with Crippen LogP contribution in [0.2, 0.25) is 0 Å². The van der Waals surface area contributed by atoms with Crippen LogP contribution in [0.25, 0.3) is 0 Å². The number of non-ortho nitro benzene ring substituents is 1. The first-order chi connectivity index (χ1) is 8.50. The number of nitro benzene ring substituents is 1. The molecule has 0 aliphatic carbocycles. The highest BCUT2D eigenvalue weighted by Crippen LogP contribution is 2.17. The minimum Gasteiger partial charge on any atom is -0.493 e. The van der Waals surface area contributed by atoms with Crippen molar-refractivity contribution < 1.29 is 19.6 Å². The zero-order chi connectivity index (χ0) is 13.5. The number of rotatable bonds is 6. The molecule has 0 bridgehead atoms. The van der Waals surface area contributed by atoms with Crippen LogP contribution in [0.1, 0.15) is 13.3 Å². The second-order valence-electron chi connectivity index (χ2n) is 3.58. The Morgan fingerprint density at radius 3 is 2.56 bits per heavy atom. The summed E-state index contributed by atoms with van der Waals surface area (Å²) in [5.41, 5.74) is 0.270. The molecule has 0 unspecified atom stereocenters. The Morgan fingerprint density at radius 1 is 1.44 bits per heavy atom. The van der Waals surface area contributed by atoms with E-state index in [2.05, 4.69) is 0 Å². The first-order valence-electron chi connectivity index (χ1n) is 5.28. The Kier molecular flexibility index (Phi) is 4.86. The van der Waals surface area contributed by atoms with Gasteiger partial charge in [-0.15, -0.1) is 0 Å². The van der Waals surface area contributed by atoms with E-state index in [-0.39, 0.29) is 11.3 Å². The molecule has 1 aromatic rings. The van der Waals surface area contributed by atoms with E-state index >= 15 is 0 Å². The first-order valence-corrected chi connectivity index (χ1v) is 5.28. The molecule has 1 N–H and O–H groups in total. The van der Waals surface area contributed by atoms with Gasteiger partial charge in [-0.2, -0.15) is 0 Å². The maximum atomic E-state index is 10.5. The van der Waals surface area contributed by atoms with Crippen molar-refractivity contribution >= 4 is 11.7 Å². The number of ether oxygens (including phenoxy) is 1. The Hall–Kier alpha value is -2.37. The van der Waals surface area contributed by atoms with Gasteiger partial charge in [0.25, 0.3) is 5.69 Å². The van der Waals surface area contributed by atoms with Crippen molar-refractivity contribution in [1.29, 1.82) is 0 Å². The van der Waals surface area contributed by atoms with Crippen molar-refractivity contribution in [3.05, 3.63) is 46.0 Å². The highest BCUT2D eigenvalue weighted by Gasteiger charge is 2.04. The van der Waals surface area contributed by atoms with Crippen LogP contribution in [0, 0.1) is 10.1 Å². The van der Waals surface area contributed by atoms with Crippen LogP contribution >= 0.6 is 0 Å². The maximum absolute atomic E-state index is 10.5. The molecule has 0 amide bonds. The van der Waals surface area contributed by atoms with Gasteiger partial charge >= 0.3 is 5.97 Å². The maximum Gasteiger partial charge on any atom is 0.330 e. The van der Waals surface area contributed by atoms with E-state index in [9.17, 15) is 14.9 Å². The second-order valence-corrected chi connectivity index (χ2v) is 3.58. The lowest BCUT2D eigenvalue weighted by molar-refractivity contribution is -0.384. The summed E-state index contributed by atoms with van der Waals surface area (Å²) in [5, 5.41) is 19.0. The molecule has 1 aromatic carbocycles. The predicted octanol–water partition coefficient (Wildman–Crippen LogP) is 2.39. The molecule has 0 spiro atoms. The lowest BCUT2D eigenvalue weighted by Crippen LogP contribution is -1.99. The summed E-state index contributed by atoms with van der Waals surface area (Å²) < 4.78 is 5.31. The molecule has 0 atom stereocenters. The van der Waals surface area contributed by atoms with E-state index < -0.39 is 10.9 Å². The van der Waals surface area contributed by atoms with Crippen molar-refractivity contribution in [2.45, 2.75) is 13.3 Å². The number of carboxylic acids is 1. The van der Waals surface area contributed by atoms with Gasteiger partial charge in [0.2, 0.25) is 0 Å². The standard InChI is InChI=1S/C12H13NO5/c1-9(12(14)15)3-2-8-18-11-6-4-10(5-7-11)13(16)17/h3-7H,2,8H2,1H3,(H,14,15). The van der Waals surface area contributed by atoms with Crippen LogP contribution in [-0.4, -0.2) is 22.6 Å². The van der Waals surface area contributed by atoms with E-state index in [1.54, 1.807) is 6.08 Å². The van der Waals surface area contributed by atoms with Crippen molar-refractivity contribution in [2.75, 3.05) is 6.61 Å². The Balaban J connectivity index is 2.43. The molecular weight excluding hydrogens is 238 g/mol. The summed E-state index contributed by atoms with van der Waals surface area (Å²) in [6, 6.07) is 5.72. The molecule has 0 saturated carbocycles. The fraction of sp³-hybridized carbons (Fsp3) is 0.250. The van der Waals surface area contributed by atoms with Gasteiger partial charge < -0.3 is 9.84 Å². The third-order valence-corrected chi connectivity index (χ3v) is 2.22. The van der Waals surface area contributed by atoms with E-state index in [0.29, 0.717) is 18.8 Å². The van der Waals surface area contributed by atoms with E-state index in [1.165, 1.54) is 31.2 Å². The van der Waals surface area contributed by atoms with E-state index in [0.717, 1.165) is 0 Å². The highest BCUT2D eigenvalue weighted by molar-refractivity contribution is 5.85. The summed E-state index contributed by atoms with van der Waals surface area (Å²) in [7, 11) is 0. The number of hydrogen-bond donors (Lipinski definition) is 1. The Bertz CT molecular complexity index is 464. The SMILES string of the molecule is CC(=CCCOc1ccc([N+](=O)[O-])cc1)C(=O)O. The number of carbonyl (C=O) groups is 1. The third kappa shape index (κ3) is 4.25. The van der Waals surface area contributed by atoms with Crippen LogP contribution in [0.4, 0.5) is 5.69 Å². The average Bonchev–Trinajstić information content (AvgIpc) is 2.34. The van der Waals surface area contributed by atoms with Crippen LogP contribution in [0.5, 0.6) is 5.75 Å². The third-order valence-electron chi connectivity index (χ3n) is 2.22. The van der Waals surface area contributed by atoms with Gasteiger partial charge in [0.1, 0.15) is 5.75 Å². The first kappa shape index (κ1) is 13.7. The van der Waals surface area contributed by atoms with Gasteiger partial charge in [-0.1, -0.05) is 6.08 Å². The molecule has 0 radical (unpaired) electrons. The lowest BCUT2D eigenvalue weighted by atomic mass is 10.2. The lowest BCUT2D eigenvalue weighted by Gasteiger charge is -2.03. The molecule has 0 heterocycles. The van der Waals surface area contributed by atoms with Crippen LogP contribution in [0.3, 0.4) is 0 Å². The number of nitro groups is 1. The van der Waals surface area contributed by atoms with Crippen LogP contribution < -0.4 is 4.74 Å². The van der Waals surface area contributed by atoms with Crippen molar-refractivity contribution in [1.82, 2.24) is 0 Å². The minimum atomic E-state index is -0.953. The van der Waals surface area contributed by atoms with Crippen LogP contribution in [-0.2, 0) is 4.79 Å². The predicted molar refractivity (Wildman–Crippen MR) is 64.6 cm³/mol. The summed E-state index contributed by atoms with van der Waals surface area (Å²) >= 11 is 0. The van der Waals surface area contributed by atoms with Crippen molar-refractivity contribution in [3.63, 3.8) is 0 Å². The molecule has 0 saturated heterocycles. The molecule has 6 nitrogen and oxygen atoms in total. The monoisotopic (exact) mass is 251 g/mol. The van der Waals surface area contributed by atoms with Crippen LogP contribution in [0.15, 0.2) is 35.9 Å². The topological polar surface area (TPSA) is 89.7 Å². The van der Waals surface area contributed by atoms with Gasteiger partial charge in [-0.05, 0) is 19.1 Å². The molecule has 1 rings (SSSR count). The van der Waals surface area contributed by atoms with E-state index in [1.807, 2.05) is 0 Å². The zero-order valence-corrected chi connectivity index (χ0v) is 9.83. The fourth-order valence-electron chi connectivity index (χ4n) is 1.20. The Morgan fingerprint density at radius 2 is 2.06 bits per heavy atom. The number of carboxylic acid groups (broad SMARTS) is 1. The Labute approximate surface area is 104 Å². The number of benzene rings is 1. The smallest absolute Gasteiger partial charge is 0.330 e. The molecule has 6 heteroatoms. The molecule has 18 heavy (non-hydrogen) atoms. The van der Waals surface area contributed by atoms with Gasteiger partial charge in [-0.3, -0.25) is 10.1 Å². The van der Waals surface area contributed by atoms with Gasteiger partial charge in [-0.25, -0.2) is 4.79 Å². The average molecular weight is 251 g/mol. The van der Waals surface area contributed by atoms with E-state index in [4.69, 9.17) is 9.84 Å². The number of hydrogen-bond acceptors (Lipinski definition) is 4. The largest absolute Gasteiger partial charge is 0.493 e. The van der Waals surface area contributed by atoms with Gasteiger partial charge in [0, 0.05) is 24.1 Å². The number of nitrogens with zero attached hydrogens (tertiary/aromatic N) is 1. The second kappa shape index (κ2) is 6.39. The summed E-state index contributed by atoms with van der Waals surface area (Å²) in [4.78, 5) is 20.4. The fourth-order valence-corrected chi connectivity index (χ4v) is 1.20. The van der Waals surface area contributed by atoms with Crippen molar-refractivity contribution in [3.8, 4) is 5.75 Å². The molecule has 0 fully saturated rings. The summed E-state index contributed by atoms with van der Waals surface area (Å²) in [6.45, 7) is 1.83. The van der Waals surface area contributed by atoms with Crippen molar-refractivity contribution in [2.24, 2.45) is 0 Å². The summed E-state index contributed by atoms with van der Waals surface area (Å²) in [6.07, 6.45) is 2.03. The van der Waals surface area contributed by atoms with Gasteiger partial charge in [0.05, 0.1) is 11.5 Å². The summed E-state index contributed by atoms with van der Waals surface area (Å²) in [5.74, 6) is -0.438. The molecule has 96 valence electrons. The van der Waals surface area contributed by atoms with Gasteiger partial charge in [0.15, 0.2) is 0 Å². The molecule has 0 aromatic heterocycles.